The molecule has 5 rings (SSSR count). The van der Waals surface area contributed by atoms with Crippen molar-refractivity contribution in [3.05, 3.63) is 54.7 Å². The van der Waals surface area contributed by atoms with Crippen molar-refractivity contribution in [2.45, 2.75) is 6.92 Å². The molecule has 2 N–H and O–H groups in total. The van der Waals surface area contributed by atoms with Gasteiger partial charge in [0.05, 0.1) is 29.6 Å². The fourth-order valence-corrected chi connectivity index (χ4v) is 5.12. The van der Waals surface area contributed by atoms with Gasteiger partial charge in [-0.1, -0.05) is 0 Å². The number of rotatable bonds is 4. The number of Topliss-reactive ketones (excluding diaryl/α,β-unsaturated/α-hetero) is 1. The molecule has 0 bridgehead atoms. The minimum atomic E-state index is -3.08. The topological polar surface area (TPSA) is 128 Å². The predicted molar refractivity (Wildman–Crippen MR) is 121 cm³/mol. The molecule has 0 amide bonds. The number of hydrogen-bond acceptors (Lipinski definition) is 8. The number of hydrogen-bond donors (Lipinski definition) is 1. The number of anilines is 2. The van der Waals surface area contributed by atoms with Crippen LogP contribution in [0.3, 0.4) is 0 Å². The van der Waals surface area contributed by atoms with Crippen LogP contribution in [0.4, 0.5) is 11.6 Å². The number of carbonyl (C=O) groups is 1. The second-order valence-electron chi connectivity index (χ2n) is 7.70. The maximum atomic E-state index is 12.4. The van der Waals surface area contributed by atoms with E-state index in [0.29, 0.717) is 11.5 Å². The van der Waals surface area contributed by atoms with E-state index in [0.717, 1.165) is 16.8 Å². The van der Waals surface area contributed by atoms with Gasteiger partial charge in [0, 0.05) is 42.8 Å². The van der Waals surface area contributed by atoms with Crippen LogP contribution in [-0.2, 0) is 9.84 Å². The Balaban J connectivity index is 1.63. The van der Waals surface area contributed by atoms with Crippen LogP contribution in [0.25, 0.3) is 22.5 Å². The SMILES string of the molecule is CC(=O)c1c(N2CCS(=O)(=O)CC2)nc2c(-c3ccn(-c4cccnc4)c3)cnn2c1N. The zero-order valence-electron chi connectivity index (χ0n) is 17.3. The molecule has 1 aliphatic heterocycles. The van der Waals surface area contributed by atoms with Gasteiger partial charge in [-0.25, -0.2) is 13.4 Å². The van der Waals surface area contributed by atoms with Crippen molar-refractivity contribution in [3.8, 4) is 16.8 Å². The quantitative estimate of drug-likeness (QED) is 0.463. The molecule has 32 heavy (non-hydrogen) atoms. The Kier molecular flexibility index (Phi) is 4.70. The molecule has 11 heteroatoms. The van der Waals surface area contributed by atoms with Crippen LogP contribution >= 0.6 is 0 Å². The summed E-state index contributed by atoms with van der Waals surface area (Å²) in [7, 11) is -3.08. The van der Waals surface area contributed by atoms with Crippen LogP contribution in [0.5, 0.6) is 0 Å². The fourth-order valence-electron chi connectivity index (χ4n) is 3.92. The zero-order valence-corrected chi connectivity index (χ0v) is 18.2. The third-order valence-corrected chi connectivity index (χ3v) is 7.22. The molecule has 0 saturated carbocycles. The summed E-state index contributed by atoms with van der Waals surface area (Å²) in [5, 5.41) is 4.37. The molecule has 4 aromatic rings. The molecular weight excluding hydrogens is 430 g/mol. The van der Waals surface area contributed by atoms with Gasteiger partial charge in [0.2, 0.25) is 0 Å². The van der Waals surface area contributed by atoms with E-state index in [1.165, 1.54) is 11.4 Å². The lowest BCUT2D eigenvalue weighted by Gasteiger charge is -2.29. The van der Waals surface area contributed by atoms with Crippen LogP contribution in [0.1, 0.15) is 17.3 Å². The standard InChI is InChI=1S/C21H21N7O3S/c1-14(29)18-19(22)28-20(25-21(18)26-7-9-32(30,31)10-8-26)17(12-24-28)15-4-6-27(13-15)16-3-2-5-23-11-16/h2-6,11-13H,7-10,22H2,1H3. The molecule has 164 valence electrons. The van der Waals surface area contributed by atoms with Crippen LogP contribution in [0, 0.1) is 0 Å². The number of nitrogen functional groups attached to an aromatic ring is 1. The fraction of sp³-hybridized carbons (Fsp3) is 0.238. The smallest absolute Gasteiger partial charge is 0.167 e. The zero-order chi connectivity index (χ0) is 22.5. The van der Waals surface area contributed by atoms with E-state index < -0.39 is 9.84 Å². The number of ketones is 1. The van der Waals surface area contributed by atoms with E-state index in [2.05, 4.69) is 10.1 Å². The highest BCUT2D eigenvalue weighted by molar-refractivity contribution is 7.91. The lowest BCUT2D eigenvalue weighted by molar-refractivity contribution is 0.101. The minimum Gasteiger partial charge on any atom is -0.383 e. The lowest BCUT2D eigenvalue weighted by Crippen LogP contribution is -2.41. The van der Waals surface area contributed by atoms with Crippen molar-refractivity contribution in [2.75, 3.05) is 35.2 Å². The monoisotopic (exact) mass is 451 g/mol. The third-order valence-electron chi connectivity index (χ3n) is 5.61. The highest BCUT2D eigenvalue weighted by atomic mass is 32.2. The number of pyridine rings is 1. The highest BCUT2D eigenvalue weighted by Crippen LogP contribution is 2.32. The van der Waals surface area contributed by atoms with Gasteiger partial charge in [0.25, 0.3) is 0 Å². The predicted octanol–water partition coefficient (Wildman–Crippen LogP) is 1.60. The van der Waals surface area contributed by atoms with E-state index in [9.17, 15) is 13.2 Å². The van der Waals surface area contributed by atoms with E-state index in [4.69, 9.17) is 10.7 Å². The summed E-state index contributed by atoms with van der Waals surface area (Å²) in [6, 6.07) is 5.75. The first-order chi connectivity index (χ1) is 15.3. The second kappa shape index (κ2) is 7.45. The number of nitrogens with zero attached hydrogens (tertiary/aromatic N) is 6. The lowest BCUT2D eigenvalue weighted by atomic mass is 10.1. The normalized spacial score (nSPS) is 15.8. The molecule has 4 aromatic heterocycles. The number of nitrogens with two attached hydrogens (primary N) is 1. The number of carbonyl (C=O) groups excluding carboxylic acids is 1. The molecule has 1 aliphatic rings. The molecule has 0 spiro atoms. The Hall–Kier alpha value is -3.73. The average Bonchev–Trinajstić information content (AvgIpc) is 3.41. The Morgan fingerprint density at radius 3 is 2.62 bits per heavy atom. The molecular formula is C21H21N7O3S. The molecule has 0 aliphatic carbocycles. The van der Waals surface area contributed by atoms with Gasteiger partial charge in [-0.2, -0.15) is 9.61 Å². The molecule has 1 fully saturated rings. The number of aromatic nitrogens is 5. The van der Waals surface area contributed by atoms with Crippen LogP contribution < -0.4 is 10.6 Å². The molecule has 0 radical (unpaired) electrons. The third kappa shape index (κ3) is 3.40. The van der Waals surface area contributed by atoms with Gasteiger partial charge in [-0.05, 0) is 25.1 Å². The minimum absolute atomic E-state index is 0.0111. The van der Waals surface area contributed by atoms with Crippen molar-refractivity contribution >= 4 is 32.9 Å². The van der Waals surface area contributed by atoms with Crippen molar-refractivity contribution < 1.29 is 13.2 Å². The summed E-state index contributed by atoms with van der Waals surface area (Å²) in [5.41, 5.74) is 9.64. The molecule has 0 aromatic carbocycles. The first kappa shape index (κ1) is 20.2. The van der Waals surface area contributed by atoms with Crippen LogP contribution in [-0.4, -0.2) is 62.9 Å². The molecule has 5 heterocycles. The van der Waals surface area contributed by atoms with Crippen molar-refractivity contribution in [1.29, 1.82) is 0 Å². The highest BCUT2D eigenvalue weighted by Gasteiger charge is 2.28. The largest absolute Gasteiger partial charge is 0.383 e. The van der Waals surface area contributed by atoms with Crippen LogP contribution in [0.2, 0.25) is 0 Å². The Labute approximate surface area is 184 Å². The van der Waals surface area contributed by atoms with Crippen molar-refractivity contribution in [3.63, 3.8) is 0 Å². The van der Waals surface area contributed by atoms with Gasteiger partial charge in [-0.3, -0.25) is 9.78 Å². The Morgan fingerprint density at radius 2 is 1.94 bits per heavy atom. The summed E-state index contributed by atoms with van der Waals surface area (Å²) in [5.74, 6) is 0.351. The first-order valence-electron chi connectivity index (χ1n) is 10.1. The van der Waals surface area contributed by atoms with Gasteiger partial charge in [0.15, 0.2) is 21.3 Å². The van der Waals surface area contributed by atoms with E-state index in [1.54, 1.807) is 18.6 Å². The molecule has 0 unspecified atom stereocenters. The maximum Gasteiger partial charge on any atom is 0.167 e. The summed E-state index contributed by atoms with van der Waals surface area (Å²) >= 11 is 0. The second-order valence-corrected chi connectivity index (χ2v) is 10.0. The summed E-state index contributed by atoms with van der Waals surface area (Å²) in [4.78, 5) is 23.1. The number of sulfone groups is 1. The number of fused-ring (bicyclic) bond motifs is 1. The van der Waals surface area contributed by atoms with E-state index in [-0.39, 0.29) is 41.8 Å². The first-order valence-corrected chi connectivity index (χ1v) is 11.9. The van der Waals surface area contributed by atoms with Gasteiger partial charge < -0.3 is 15.2 Å². The average molecular weight is 452 g/mol. The summed E-state index contributed by atoms with van der Waals surface area (Å²) < 4.78 is 27.2. The Bertz CT molecular complexity index is 1430. The van der Waals surface area contributed by atoms with Crippen LogP contribution in [0.15, 0.2) is 49.2 Å². The van der Waals surface area contributed by atoms with Crippen molar-refractivity contribution in [1.82, 2.24) is 24.1 Å². The van der Waals surface area contributed by atoms with E-state index in [1.807, 2.05) is 40.1 Å². The molecule has 10 nitrogen and oxygen atoms in total. The molecule has 1 saturated heterocycles. The summed E-state index contributed by atoms with van der Waals surface area (Å²) in [6.45, 7) is 1.93. The maximum absolute atomic E-state index is 12.4. The van der Waals surface area contributed by atoms with E-state index >= 15 is 0 Å². The van der Waals surface area contributed by atoms with Gasteiger partial charge >= 0.3 is 0 Å². The molecule has 0 atom stereocenters. The van der Waals surface area contributed by atoms with Crippen molar-refractivity contribution in [2.24, 2.45) is 0 Å². The summed E-state index contributed by atoms with van der Waals surface area (Å²) in [6.07, 6.45) is 9.00. The Morgan fingerprint density at radius 1 is 1.16 bits per heavy atom. The van der Waals surface area contributed by atoms with Gasteiger partial charge in [0.1, 0.15) is 17.2 Å². The van der Waals surface area contributed by atoms with Gasteiger partial charge in [-0.15, -0.1) is 0 Å².